The fourth-order valence-electron chi connectivity index (χ4n) is 3.37. The van der Waals surface area contributed by atoms with Crippen LogP contribution in [-0.2, 0) is 0 Å². The van der Waals surface area contributed by atoms with Gasteiger partial charge in [-0.1, -0.05) is 0 Å². The van der Waals surface area contributed by atoms with Crippen molar-refractivity contribution in [3.63, 3.8) is 0 Å². The standard InChI is InChI=1S/C26H22N2O7/c1-32-18-10-11-22(34-3)21(13-18)28-24(29)20-12-16-6-9-19(33-2)14-23(16)35-25(20)27-17-7-4-15(5-8-17)26(30)31/h4-14H,1-3H3,(H,28,29)(H,30,31). The molecule has 0 spiro atoms. The number of amides is 1. The van der Waals surface area contributed by atoms with Crippen molar-refractivity contribution in [2.75, 3.05) is 26.6 Å². The number of hydrogen-bond acceptors (Lipinski definition) is 7. The number of carbonyl (C=O) groups excluding carboxylic acids is 1. The van der Waals surface area contributed by atoms with E-state index in [2.05, 4.69) is 10.3 Å². The molecule has 3 aromatic carbocycles. The molecule has 0 atom stereocenters. The van der Waals surface area contributed by atoms with Crippen molar-refractivity contribution in [2.24, 2.45) is 4.99 Å². The summed E-state index contributed by atoms with van der Waals surface area (Å²) in [7, 11) is 4.56. The SMILES string of the molecule is COc1ccc(OC)c(NC(=O)c2cc3ccc(OC)cc3oc2=Nc2ccc(C(=O)O)cc2)c1. The summed E-state index contributed by atoms with van der Waals surface area (Å²) in [4.78, 5) is 29.0. The zero-order valence-electron chi connectivity index (χ0n) is 19.2. The number of hydrogen-bond donors (Lipinski definition) is 2. The average molecular weight is 474 g/mol. The molecule has 0 unspecified atom stereocenters. The molecule has 35 heavy (non-hydrogen) atoms. The molecular formula is C26H22N2O7. The molecule has 9 nitrogen and oxygen atoms in total. The highest BCUT2D eigenvalue weighted by Gasteiger charge is 2.16. The first-order valence-corrected chi connectivity index (χ1v) is 10.4. The Morgan fingerprint density at radius 1 is 0.857 bits per heavy atom. The third kappa shape index (κ3) is 5.09. The van der Waals surface area contributed by atoms with Crippen LogP contribution < -0.4 is 25.1 Å². The van der Waals surface area contributed by atoms with Gasteiger partial charge in [-0.3, -0.25) is 4.79 Å². The fraction of sp³-hybridized carbons (Fsp3) is 0.115. The van der Waals surface area contributed by atoms with Gasteiger partial charge in [0.05, 0.1) is 38.3 Å². The smallest absolute Gasteiger partial charge is 0.335 e. The molecule has 1 heterocycles. The van der Waals surface area contributed by atoms with Gasteiger partial charge in [0.1, 0.15) is 28.4 Å². The molecule has 4 rings (SSSR count). The van der Waals surface area contributed by atoms with Crippen LogP contribution in [0.25, 0.3) is 11.0 Å². The van der Waals surface area contributed by atoms with Crippen LogP contribution in [0.2, 0.25) is 0 Å². The van der Waals surface area contributed by atoms with Crippen LogP contribution in [0.1, 0.15) is 20.7 Å². The second kappa shape index (κ2) is 10.0. The number of carboxylic acids is 1. The van der Waals surface area contributed by atoms with Gasteiger partial charge >= 0.3 is 5.97 Å². The highest BCUT2D eigenvalue weighted by Crippen LogP contribution is 2.29. The van der Waals surface area contributed by atoms with Gasteiger partial charge in [-0.25, -0.2) is 9.79 Å². The number of carboxylic acid groups (broad SMARTS) is 1. The lowest BCUT2D eigenvalue weighted by Gasteiger charge is -2.12. The normalized spacial score (nSPS) is 11.2. The van der Waals surface area contributed by atoms with E-state index < -0.39 is 11.9 Å². The summed E-state index contributed by atoms with van der Waals surface area (Å²) in [6.07, 6.45) is 0. The van der Waals surface area contributed by atoms with Crippen LogP contribution in [0.15, 0.2) is 76.1 Å². The van der Waals surface area contributed by atoms with Gasteiger partial charge in [-0.15, -0.1) is 0 Å². The van der Waals surface area contributed by atoms with Crippen molar-refractivity contribution < 1.29 is 33.3 Å². The summed E-state index contributed by atoms with van der Waals surface area (Å²) in [5.74, 6) is 0.0331. The number of nitrogens with zero attached hydrogens (tertiary/aromatic N) is 1. The van der Waals surface area contributed by atoms with E-state index in [9.17, 15) is 9.59 Å². The van der Waals surface area contributed by atoms with E-state index >= 15 is 0 Å². The summed E-state index contributed by atoms with van der Waals surface area (Å²) < 4.78 is 21.9. The van der Waals surface area contributed by atoms with E-state index in [0.29, 0.717) is 39.6 Å². The first-order valence-electron chi connectivity index (χ1n) is 10.4. The molecule has 0 aliphatic rings. The summed E-state index contributed by atoms with van der Waals surface area (Å²) in [5.41, 5.74) is 1.59. The molecule has 4 aromatic rings. The van der Waals surface area contributed by atoms with Crippen molar-refractivity contribution in [2.45, 2.75) is 0 Å². The number of anilines is 1. The first kappa shape index (κ1) is 23.4. The van der Waals surface area contributed by atoms with E-state index in [1.807, 2.05) is 0 Å². The highest BCUT2D eigenvalue weighted by molar-refractivity contribution is 6.06. The predicted octanol–water partition coefficient (Wildman–Crippen LogP) is 4.64. The Balaban J connectivity index is 1.84. The molecule has 0 bridgehead atoms. The zero-order valence-corrected chi connectivity index (χ0v) is 19.2. The Morgan fingerprint density at radius 3 is 2.20 bits per heavy atom. The molecule has 0 aliphatic heterocycles. The summed E-state index contributed by atoms with van der Waals surface area (Å²) in [6, 6.07) is 17.8. The topological polar surface area (TPSA) is 120 Å². The van der Waals surface area contributed by atoms with Gasteiger partial charge in [0.2, 0.25) is 5.55 Å². The maximum Gasteiger partial charge on any atom is 0.335 e. The maximum atomic E-state index is 13.4. The van der Waals surface area contributed by atoms with Gasteiger partial charge in [0.15, 0.2) is 0 Å². The van der Waals surface area contributed by atoms with Crippen LogP contribution >= 0.6 is 0 Å². The summed E-state index contributed by atoms with van der Waals surface area (Å²) in [6.45, 7) is 0. The van der Waals surface area contributed by atoms with Crippen LogP contribution in [0.4, 0.5) is 11.4 Å². The largest absolute Gasteiger partial charge is 0.497 e. The van der Waals surface area contributed by atoms with Crippen molar-refractivity contribution in [1.82, 2.24) is 0 Å². The van der Waals surface area contributed by atoms with E-state index in [4.69, 9.17) is 23.7 Å². The zero-order chi connectivity index (χ0) is 24.9. The Bertz CT molecular complexity index is 1470. The maximum absolute atomic E-state index is 13.4. The second-order valence-corrected chi connectivity index (χ2v) is 7.35. The number of ether oxygens (including phenoxy) is 3. The van der Waals surface area contributed by atoms with Gasteiger partial charge < -0.3 is 29.1 Å². The minimum atomic E-state index is -1.05. The highest BCUT2D eigenvalue weighted by atomic mass is 16.5. The number of carbonyl (C=O) groups is 2. The van der Waals surface area contributed by atoms with Crippen molar-refractivity contribution in [3.05, 3.63) is 83.4 Å². The number of methoxy groups -OCH3 is 3. The Hall–Kier alpha value is -4.79. The van der Waals surface area contributed by atoms with E-state index in [-0.39, 0.29) is 16.7 Å². The molecule has 0 aliphatic carbocycles. The molecule has 178 valence electrons. The number of nitrogens with one attached hydrogen (secondary N) is 1. The van der Waals surface area contributed by atoms with Gasteiger partial charge in [0, 0.05) is 17.5 Å². The second-order valence-electron chi connectivity index (χ2n) is 7.35. The lowest BCUT2D eigenvalue weighted by atomic mass is 10.1. The van der Waals surface area contributed by atoms with E-state index in [1.54, 1.807) is 49.6 Å². The number of fused-ring (bicyclic) bond motifs is 1. The molecule has 9 heteroatoms. The van der Waals surface area contributed by atoms with E-state index in [1.165, 1.54) is 38.5 Å². The van der Waals surface area contributed by atoms with Gasteiger partial charge in [0.25, 0.3) is 5.91 Å². The number of aromatic carboxylic acids is 1. The van der Waals surface area contributed by atoms with E-state index in [0.717, 1.165) is 0 Å². The number of benzene rings is 3. The fourth-order valence-corrected chi connectivity index (χ4v) is 3.37. The van der Waals surface area contributed by atoms with Crippen LogP contribution in [0.5, 0.6) is 17.2 Å². The third-order valence-corrected chi connectivity index (χ3v) is 5.20. The van der Waals surface area contributed by atoms with Crippen molar-refractivity contribution in [1.29, 1.82) is 0 Å². The summed E-state index contributed by atoms with van der Waals surface area (Å²) >= 11 is 0. The molecule has 0 radical (unpaired) electrons. The Morgan fingerprint density at radius 2 is 1.54 bits per heavy atom. The predicted molar refractivity (Wildman–Crippen MR) is 129 cm³/mol. The minimum Gasteiger partial charge on any atom is -0.497 e. The quantitative estimate of drug-likeness (QED) is 0.400. The number of rotatable bonds is 7. The van der Waals surface area contributed by atoms with Gasteiger partial charge in [-0.2, -0.15) is 0 Å². The van der Waals surface area contributed by atoms with Crippen molar-refractivity contribution >= 4 is 34.2 Å². The Labute approximate surface area is 200 Å². The van der Waals surface area contributed by atoms with Crippen LogP contribution in [0, 0.1) is 0 Å². The lowest BCUT2D eigenvalue weighted by molar-refractivity contribution is 0.0696. The molecule has 1 amide bonds. The molecule has 2 N–H and O–H groups in total. The average Bonchev–Trinajstić information content (AvgIpc) is 2.88. The molecule has 0 fully saturated rings. The van der Waals surface area contributed by atoms with Crippen LogP contribution in [-0.4, -0.2) is 38.3 Å². The third-order valence-electron chi connectivity index (χ3n) is 5.20. The molecule has 0 saturated heterocycles. The summed E-state index contributed by atoms with van der Waals surface area (Å²) in [5, 5.41) is 12.6. The minimum absolute atomic E-state index is 0.0354. The van der Waals surface area contributed by atoms with Crippen molar-refractivity contribution in [3.8, 4) is 17.2 Å². The van der Waals surface area contributed by atoms with Gasteiger partial charge in [-0.05, 0) is 54.6 Å². The lowest BCUT2D eigenvalue weighted by Crippen LogP contribution is -2.22. The first-order chi connectivity index (χ1) is 16.9. The molecule has 0 saturated carbocycles. The van der Waals surface area contributed by atoms with Crippen LogP contribution in [0.3, 0.4) is 0 Å². The Kier molecular flexibility index (Phi) is 6.68. The molecular weight excluding hydrogens is 452 g/mol. The molecule has 1 aromatic heterocycles. The monoisotopic (exact) mass is 474 g/mol.